The number of rotatable bonds is 9. The molecule has 16 nitrogen and oxygen atoms in total. The maximum atomic E-state index is 14.2. The molecule has 3 N–H and O–H groups in total. The number of fused-ring (bicyclic) bond motifs is 1. The van der Waals surface area contributed by atoms with E-state index in [1.165, 1.54) is 0 Å². The molecular weight excluding hydrogens is 882 g/mol. The predicted molar refractivity (Wildman–Crippen MR) is 244 cm³/mol. The third kappa shape index (κ3) is 9.04. The second-order valence-corrected chi connectivity index (χ2v) is 19.2. The molecular formula is C49H55F3N10O6. The number of piperazine rings is 1. The first-order chi connectivity index (χ1) is 32.8. The lowest BCUT2D eigenvalue weighted by atomic mass is 9.85. The summed E-state index contributed by atoms with van der Waals surface area (Å²) < 4.78 is 50.3. The monoisotopic (exact) mass is 936 g/mol. The van der Waals surface area contributed by atoms with Gasteiger partial charge < -0.3 is 25.0 Å². The summed E-state index contributed by atoms with van der Waals surface area (Å²) in [6.07, 6.45) is 16.0. The number of aromatic nitrogens is 4. The number of carbonyl (C=O) groups is 4. The van der Waals surface area contributed by atoms with Crippen molar-refractivity contribution in [3.05, 3.63) is 89.3 Å². The molecule has 2 aromatic heterocycles. The van der Waals surface area contributed by atoms with Crippen LogP contribution in [0, 0.1) is 29.3 Å². The first-order valence-electron chi connectivity index (χ1n) is 23.7. The van der Waals surface area contributed by atoms with Crippen molar-refractivity contribution in [2.24, 2.45) is 11.8 Å². The summed E-state index contributed by atoms with van der Waals surface area (Å²) >= 11 is 0. The van der Waals surface area contributed by atoms with E-state index in [0.717, 1.165) is 104 Å². The molecule has 0 bridgehead atoms. The minimum Gasteiger partial charge on any atom is -0.503 e. The first kappa shape index (κ1) is 45.4. The van der Waals surface area contributed by atoms with Crippen molar-refractivity contribution >= 4 is 40.6 Å². The number of ether oxygens (including phenoxy) is 1. The molecule has 19 heteroatoms. The number of nitrogens with zero attached hydrogens (tertiary/aromatic N) is 8. The molecule has 2 aliphatic carbocycles. The van der Waals surface area contributed by atoms with E-state index in [-0.39, 0.29) is 48.3 Å². The van der Waals surface area contributed by atoms with Crippen LogP contribution in [-0.4, -0.2) is 134 Å². The summed E-state index contributed by atoms with van der Waals surface area (Å²) in [6, 6.07) is 6.68. The van der Waals surface area contributed by atoms with Gasteiger partial charge in [0.25, 0.3) is 5.91 Å². The van der Waals surface area contributed by atoms with Crippen molar-refractivity contribution in [1.29, 1.82) is 0 Å². The Morgan fingerprint density at radius 3 is 2.41 bits per heavy atom. The number of hydrogen-bond acceptors (Lipinski definition) is 11. The van der Waals surface area contributed by atoms with Crippen molar-refractivity contribution in [2.75, 3.05) is 63.9 Å². The molecule has 358 valence electrons. The minimum atomic E-state index is -1.79. The molecule has 2 atom stereocenters. The van der Waals surface area contributed by atoms with Crippen LogP contribution in [0.25, 0.3) is 22.0 Å². The molecule has 2 aromatic carbocycles. The first-order valence-corrected chi connectivity index (χ1v) is 23.7. The number of nitrogens with one attached hydrogen (secondary N) is 2. The zero-order valence-electron chi connectivity index (χ0n) is 37.9. The number of phenols is 1. The molecule has 4 aromatic rings. The molecule has 68 heavy (non-hydrogen) atoms. The van der Waals surface area contributed by atoms with E-state index in [4.69, 9.17) is 19.8 Å². The van der Waals surface area contributed by atoms with Crippen LogP contribution >= 0.6 is 0 Å². The summed E-state index contributed by atoms with van der Waals surface area (Å²) in [5, 5.41) is 20.2. The number of phenolic OH excluding ortho intramolecular Hbond substituents is 1. The van der Waals surface area contributed by atoms with Crippen LogP contribution in [-0.2, 0) is 14.3 Å². The molecule has 4 aliphatic heterocycles. The van der Waals surface area contributed by atoms with Crippen molar-refractivity contribution in [2.45, 2.75) is 82.4 Å². The number of halogens is 3. The molecule has 0 radical (unpaired) electrons. The number of carbonyl (C=O) groups excluding carboxylic acids is 4. The Labute approximate surface area is 391 Å². The molecule has 5 amide bonds. The van der Waals surface area contributed by atoms with Crippen molar-refractivity contribution < 1.29 is 42.2 Å². The number of amides is 5. The number of anilines is 1. The Hall–Kier alpha value is -6.34. The van der Waals surface area contributed by atoms with Gasteiger partial charge in [0, 0.05) is 106 Å². The molecule has 1 unspecified atom stereocenters. The van der Waals surface area contributed by atoms with Gasteiger partial charge in [-0.3, -0.25) is 34.2 Å². The predicted octanol–water partition coefficient (Wildman–Crippen LogP) is 5.84. The van der Waals surface area contributed by atoms with Gasteiger partial charge in [0.05, 0.1) is 35.2 Å². The van der Waals surface area contributed by atoms with Crippen LogP contribution in [0.4, 0.5) is 23.9 Å². The van der Waals surface area contributed by atoms with Crippen molar-refractivity contribution in [3.8, 4) is 16.9 Å². The molecule has 6 aliphatic rings. The van der Waals surface area contributed by atoms with Gasteiger partial charge in [-0.2, -0.15) is 9.49 Å². The topological polar surface area (TPSA) is 178 Å². The summed E-state index contributed by atoms with van der Waals surface area (Å²) in [4.78, 5) is 68.4. The number of aromatic hydroxyl groups is 1. The fourth-order valence-electron chi connectivity index (χ4n) is 10.9. The molecule has 5 fully saturated rings. The van der Waals surface area contributed by atoms with Gasteiger partial charge in [0.2, 0.25) is 23.6 Å². The van der Waals surface area contributed by atoms with E-state index in [2.05, 4.69) is 20.4 Å². The average Bonchev–Trinajstić information content (AvgIpc) is 3.99. The number of allylic oxidation sites excluding steroid dienone is 3. The number of imide groups is 1. The number of hydrogen-bond donors (Lipinski definition) is 3. The van der Waals surface area contributed by atoms with Gasteiger partial charge in [0.1, 0.15) is 0 Å². The van der Waals surface area contributed by atoms with Crippen LogP contribution in [0.15, 0.2) is 66.3 Å². The Morgan fingerprint density at radius 2 is 1.68 bits per heavy atom. The lowest BCUT2D eigenvalue weighted by molar-refractivity contribution is -0.139. The third-order valence-corrected chi connectivity index (χ3v) is 15.1. The van der Waals surface area contributed by atoms with Gasteiger partial charge in [-0.05, 0) is 81.1 Å². The SMILES string of the molecule is CC1=C(N2CCC(=O)NC2=O)CC(C(=O)N2CCC3(CC2)C[C@H](N2CCN(c4ncc(-c5ccc6cn(C7CCC(CNC(=O)c8cc(F)c(O)c(F)c8F)CC7)nc6c5)cn4)CC2)CO3)C=C1. The van der Waals surface area contributed by atoms with Crippen LogP contribution < -0.4 is 15.5 Å². The standard InChI is InChI=1S/C49H55F3N10O6/c1-29-2-5-32(21-40(29)61-13-10-41(63)56-48(61)67)46(66)59-14-11-49(12-15-59)23-36(28-68-49)58-16-18-60(19-17-58)47-54-25-34(26-55-47)31-6-7-33-27-62(57-39(33)20-31)35-8-3-30(4-9-35)24-53-45(65)37-22-38(50)44(64)43(52)42(37)51/h2,5-7,20,22,25-27,30,32,35-36,64H,3-4,8-19,21,23-24,28H2,1H3,(H,53,65)(H,56,63,67)/t30?,32?,35?,36-/m0/s1. The van der Waals surface area contributed by atoms with Gasteiger partial charge in [-0.25, -0.2) is 23.5 Å². The maximum Gasteiger partial charge on any atom is 0.328 e. The summed E-state index contributed by atoms with van der Waals surface area (Å²) in [6.45, 7) is 7.77. The normalized spacial score (nSPS) is 24.6. The van der Waals surface area contributed by atoms with Gasteiger partial charge in [-0.1, -0.05) is 24.3 Å². The lowest BCUT2D eigenvalue weighted by Gasteiger charge is -2.41. The van der Waals surface area contributed by atoms with E-state index in [9.17, 15) is 37.5 Å². The third-order valence-electron chi connectivity index (χ3n) is 15.1. The van der Waals surface area contributed by atoms with E-state index < -0.39 is 40.7 Å². The summed E-state index contributed by atoms with van der Waals surface area (Å²) in [5.41, 5.74) is 3.42. The Morgan fingerprint density at radius 1 is 0.926 bits per heavy atom. The number of benzene rings is 2. The van der Waals surface area contributed by atoms with Crippen molar-refractivity contribution in [1.82, 2.24) is 45.1 Å². The maximum absolute atomic E-state index is 14.2. The fourth-order valence-corrected chi connectivity index (χ4v) is 10.9. The lowest BCUT2D eigenvalue weighted by Crippen LogP contribution is -2.52. The smallest absolute Gasteiger partial charge is 0.328 e. The zero-order valence-corrected chi connectivity index (χ0v) is 37.9. The summed E-state index contributed by atoms with van der Waals surface area (Å²) in [7, 11) is 0. The molecule has 10 rings (SSSR count). The highest BCUT2D eigenvalue weighted by Crippen LogP contribution is 2.40. The number of urea groups is 1. The van der Waals surface area contributed by atoms with Crippen LogP contribution in [0.1, 0.15) is 81.1 Å². The van der Waals surface area contributed by atoms with Crippen LogP contribution in [0.3, 0.4) is 0 Å². The Kier molecular flexibility index (Phi) is 12.4. The second-order valence-electron chi connectivity index (χ2n) is 19.2. The average molecular weight is 937 g/mol. The molecule has 4 saturated heterocycles. The number of likely N-dealkylation sites (tertiary alicyclic amines) is 1. The second kappa shape index (κ2) is 18.6. The quantitative estimate of drug-likeness (QED) is 0.172. The zero-order chi connectivity index (χ0) is 47.3. The van der Waals surface area contributed by atoms with E-state index in [1.807, 2.05) is 65.4 Å². The summed E-state index contributed by atoms with van der Waals surface area (Å²) in [5.74, 6) is -6.91. The molecule has 1 spiro atoms. The number of piperidine rings is 1. The fraction of sp³-hybridized carbons (Fsp3) is 0.490. The molecule has 6 heterocycles. The van der Waals surface area contributed by atoms with E-state index in [0.29, 0.717) is 50.7 Å². The van der Waals surface area contributed by atoms with Gasteiger partial charge in [-0.15, -0.1) is 0 Å². The highest BCUT2D eigenvalue weighted by molar-refractivity contribution is 5.97. The highest BCUT2D eigenvalue weighted by Gasteiger charge is 2.46. The minimum absolute atomic E-state index is 0.0678. The van der Waals surface area contributed by atoms with Gasteiger partial charge in [0.15, 0.2) is 17.4 Å². The largest absolute Gasteiger partial charge is 0.503 e. The van der Waals surface area contributed by atoms with Gasteiger partial charge >= 0.3 is 6.03 Å². The van der Waals surface area contributed by atoms with E-state index >= 15 is 0 Å². The molecule has 1 saturated carbocycles. The van der Waals surface area contributed by atoms with E-state index in [1.54, 1.807) is 4.90 Å². The van der Waals surface area contributed by atoms with Crippen LogP contribution in [0.2, 0.25) is 0 Å². The Bertz CT molecular complexity index is 2690. The Balaban J connectivity index is 0.669. The van der Waals surface area contributed by atoms with Crippen LogP contribution in [0.5, 0.6) is 5.75 Å². The highest BCUT2D eigenvalue weighted by atomic mass is 19.2. The van der Waals surface area contributed by atoms with Crippen molar-refractivity contribution in [3.63, 3.8) is 0 Å².